The van der Waals surface area contributed by atoms with Crippen LogP contribution in [0.5, 0.6) is 0 Å². The highest BCUT2D eigenvalue weighted by Gasteiger charge is 2.11. The topological polar surface area (TPSA) is 77.8 Å². The molecule has 0 fully saturated rings. The van der Waals surface area contributed by atoms with Gasteiger partial charge in [0.25, 0.3) is 0 Å². The van der Waals surface area contributed by atoms with Gasteiger partial charge in [0, 0.05) is 6.42 Å². The Kier molecular flexibility index (Phi) is 14.4. The molecule has 0 aliphatic heterocycles. The molecule has 22 heavy (non-hydrogen) atoms. The Morgan fingerprint density at radius 1 is 0.955 bits per heavy atom. The van der Waals surface area contributed by atoms with Gasteiger partial charge in [-0.1, -0.05) is 64.0 Å². The van der Waals surface area contributed by atoms with Crippen molar-refractivity contribution in [3.05, 3.63) is 12.2 Å². The van der Waals surface area contributed by atoms with Crippen LogP contribution in [0.3, 0.4) is 0 Å². The lowest BCUT2D eigenvalue weighted by molar-refractivity contribution is -0.137. The molecule has 0 aromatic heterocycles. The third-order valence-corrected chi connectivity index (χ3v) is 3.84. The van der Waals surface area contributed by atoms with Crippen molar-refractivity contribution in [2.24, 2.45) is 0 Å². The Hall–Kier alpha value is -0.870. The van der Waals surface area contributed by atoms with Gasteiger partial charge < -0.3 is 15.3 Å². The summed E-state index contributed by atoms with van der Waals surface area (Å²) in [5, 5.41) is 28.1. The second-order valence-electron chi connectivity index (χ2n) is 6.04. The predicted octanol–water partition coefficient (Wildman–Crippen LogP) is 4.05. The summed E-state index contributed by atoms with van der Waals surface area (Å²) in [6.45, 7) is 2.12. The fraction of sp³-hybridized carbons (Fsp3) is 0.833. The minimum absolute atomic E-state index is 0.279. The molecule has 0 saturated heterocycles. The number of aliphatic carboxylic acids is 1. The van der Waals surface area contributed by atoms with Gasteiger partial charge in [-0.25, -0.2) is 0 Å². The molecular formula is C18H34O4. The van der Waals surface area contributed by atoms with Crippen LogP contribution in [-0.4, -0.2) is 33.5 Å². The third-order valence-electron chi connectivity index (χ3n) is 3.84. The Balaban J connectivity index is 3.43. The smallest absolute Gasteiger partial charge is 0.303 e. The van der Waals surface area contributed by atoms with Gasteiger partial charge in [0.05, 0.1) is 12.2 Å². The lowest BCUT2D eigenvalue weighted by Gasteiger charge is -2.14. The Bertz CT molecular complexity index is 289. The van der Waals surface area contributed by atoms with E-state index in [1.54, 1.807) is 6.08 Å². The van der Waals surface area contributed by atoms with Gasteiger partial charge >= 0.3 is 5.97 Å². The maximum Gasteiger partial charge on any atom is 0.303 e. The predicted molar refractivity (Wildman–Crippen MR) is 89.9 cm³/mol. The second-order valence-corrected chi connectivity index (χ2v) is 6.04. The zero-order valence-corrected chi connectivity index (χ0v) is 14.0. The zero-order chi connectivity index (χ0) is 16.6. The summed E-state index contributed by atoms with van der Waals surface area (Å²) in [4.78, 5) is 10.3. The maximum absolute atomic E-state index is 10.3. The molecule has 0 aromatic rings. The number of aliphatic hydroxyl groups excluding tert-OH is 2. The van der Waals surface area contributed by atoms with E-state index in [1.807, 2.05) is 6.08 Å². The van der Waals surface area contributed by atoms with Crippen LogP contribution < -0.4 is 0 Å². The van der Waals surface area contributed by atoms with E-state index in [-0.39, 0.29) is 6.42 Å². The molecule has 130 valence electrons. The number of carboxylic acid groups (broad SMARTS) is 1. The maximum atomic E-state index is 10.3. The van der Waals surface area contributed by atoms with Gasteiger partial charge in [0.2, 0.25) is 0 Å². The van der Waals surface area contributed by atoms with Crippen molar-refractivity contribution in [1.82, 2.24) is 0 Å². The molecule has 0 amide bonds. The van der Waals surface area contributed by atoms with Gasteiger partial charge in [-0.3, -0.25) is 4.79 Å². The van der Waals surface area contributed by atoms with Crippen molar-refractivity contribution < 1.29 is 20.1 Å². The Morgan fingerprint density at radius 2 is 1.59 bits per heavy atom. The highest BCUT2D eigenvalue weighted by atomic mass is 16.4. The molecule has 4 heteroatoms. The molecule has 0 heterocycles. The molecule has 0 aromatic carbocycles. The van der Waals surface area contributed by atoms with Crippen LogP contribution in [0.15, 0.2) is 12.2 Å². The fourth-order valence-corrected chi connectivity index (χ4v) is 2.38. The average Bonchev–Trinajstić information content (AvgIpc) is 2.48. The molecule has 0 rings (SSSR count). The van der Waals surface area contributed by atoms with Crippen LogP contribution in [-0.2, 0) is 4.79 Å². The summed E-state index contributed by atoms with van der Waals surface area (Å²) < 4.78 is 0. The van der Waals surface area contributed by atoms with Crippen molar-refractivity contribution in [3.63, 3.8) is 0 Å². The summed E-state index contributed by atoms with van der Waals surface area (Å²) in [6, 6.07) is 0. The van der Waals surface area contributed by atoms with E-state index >= 15 is 0 Å². The Labute approximate surface area is 135 Å². The molecule has 0 bridgehead atoms. The van der Waals surface area contributed by atoms with E-state index in [2.05, 4.69) is 6.92 Å². The molecule has 2 atom stereocenters. The molecule has 4 nitrogen and oxygen atoms in total. The number of aliphatic hydroxyl groups is 2. The summed E-state index contributed by atoms with van der Waals surface area (Å²) in [5.74, 6) is -0.708. The van der Waals surface area contributed by atoms with Gasteiger partial charge in [-0.15, -0.1) is 0 Å². The van der Waals surface area contributed by atoms with Crippen LogP contribution in [0.2, 0.25) is 0 Å². The zero-order valence-electron chi connectivity index (χ0n) is 14.0. The number of carbonyl (C=O) groups is 1. The summed E-state index contributed by atoms with van der Waals surface area (Å²) in [6.07, 6.45) is 13.5. The summed E-state index contributed by atoms with van der Waals surface area (Å²) in [7, 11) is 0. The van der Waals surface area contributed by atoms with E-state index < -0.39 is 18.2 Å². The summed E-state index contributed by atoms with van der Waals surface area (Å²) in [5.41, 5.74) is 0. The molecule has 0 spiro atoms. The first-order valence-electron chi connectivity index (χ1n) is 8.82. The lowest BCUT2D eigenvalue weighted by Crippen LogP contribution is -2.23. The second kappa shape index (κ2) is 15.0. The molecule has 2 unspecified atom stereocenters. The number of carboxylic acids is 1. The monoisotopic (exact) mass is 314 g/mol. The van der Waals surface area contributed by atoms with Crippen LogP contribution >= 0.6 is 0 Å². The Morgan fingerprint density at radius 3 is 2.23 bits per heavy atom. The largest absolute Gasteiger partial charge is 0.481 e. The van der Waals surface area contributed by atoms with Crippen molar-refractivity contribution >= 4 is 5.97 Å². The molecule has 0 radical (unpaired) electrons. The van der Waals surface area contributed by atoms with E-state index in [4.69, 9.17) is 5.11 Å². The SMILES string of the molecule is CCCCCC(O)C(O)/C=C/CCCCCCCCC(=O)O. The van der Waals surface area contributed by atoms with Crippen LogP contribution in [0.1, 0.15) is 84.0 Å². The minimum atomic E-state index is -0.743. The first kappa shape index (κ1) is 21.1. The fourth-order valence-electron chi connectivity index (χ4n) is 2.38. The first-order chi connectivity index (χ1) is 10.6. The molecule has 0 saturated carbocycles. The van der Waals surface area contributed by atoms with Gasteiger partial charge in [-0.2, -0.15) is 0 Å². The van der Waals surface area contributed by atoms with Gasteiger partial charge in [0.15, 0.2) is 0 Å². The van der Waals surface area contributed by atoms with Crippen molar-refractivity contribution in [2.75, 3.05) is 0 Å². The van der Waals surface area contributed by atoms with E-state index in [0.717, 1.165) is 64.2 Å². The van der Waals surface area contributed by atoms with Crippen molar-refractivity contribution in [2.45, 2.75) is 96.2 Å². The molecule has 3 N–H and O–H groups in total. The van der Waals surface area contributed by atoms with Crippen LogP contribution in [0.4, 0.5) is 0 Å². The summed E-state index contributed by atoms with van der Waals surface area (Å²) >= 11 is 0. The number of hydrogen-bond acceptors (Lipinski definition) is 3. The quantitative estimate of drug-likeness (QED) is 0.315. The number of hydrogen-bond donors (Lipinski definition) is 3. The third kappa shape index (κ3) is 14.1. The number of allylic oxidation sites excluding steroid dienone is 1. The van der Waals surface area contributed by atoms with Gasteiger partial charge in [0.1, 0.15) is 0 Å². The lowest BCUT2D eigenvalue weighted by atomic mass is 10.0. The number of rotatable bonds is 15. The molecular weight excluding hydrogens is 280 g/mol. The van der Waals surface area contributed by atoms with E-state index in [9.17, 15) is 15.0 Å². The minimum Gasteiger partial charge on any atom is -0.481 e. The van der Waals surface area contributed by atoms with Crippen molar-refractivity contribution in [3.8, 4) is 0 Å². The van der Waals surface area contributed by atoms with Crippen molar-refractivity contribution in [1.29, 1.82) is 0 Å². The number of unbranched alkanes of at least 4 members (excludes halogenated alkanes) is 8. The van der Waals surface area contributed by atoms with Crippen LogP contribution in [0, 0.1) is 0 Å². The highest BCUT2D eigenvalue weighted by Crippen LogP contribution is 2.11. The van der Waals surface area contributed by atoms with E-state index in [1.165, 1.54) is 0 Å². The average molecular weight is 314 g/mol. The first-order valence-corrected chi connectivity index (χ1v) is 8.82. The van der Waals surface area contributed by atoms with E-state index in [0.29, 0.717) is 6.42 Å². The molecule has 0 aliphatic rings. The molecule has 0 aliphatic carbocycles. The normalized spacial score (nSPS) is 14.3. The van der Waals surface area contributed by atoms with Crippen LogP contribution in [0.25, 0.3) is 0 Å². The van der Waals surface area contributed by atoms with Gasteiger partial charge in [-0.05, 0) is 25.7 Å². The highest BCUT2D eigenvalue weighted by molar-refractivity contribution is 5.66. The standard InChI is InChI=1S/C18H34O4/c1-2-3-10-13-16(19)17(20)14-11-8-6-4-5-7-9-12-15-18(21)22/h11,14,16-17,19-20H,2-10,12-13,15H2,1H3,(H,21,22)/b14-11+.